The Morgan fingerprint density at radius 1 is 1.00 bits per heavy atom. The van der Waals surface area contributed by atoms with Gasteiger partial charge in [0.1, 0.15) is 6.61 Å². The van der Waals surface area contributed by atoms with E-state index in [0.29, 0.717) is 46.2 Å². The summed E-state index contributed by atoms with van der Waals surface area (Å²) < 4.78 is 20.0. The van der Waals surface area contributed by atoms with Gasteiger partial charge >= 0.3 is 5.97 Å². The number of esters is 1. The van der Waals surface area contributed by atoms with Crippen LogP contribution in [0.15, 0.2) is 0 Å². The van der Waals surface area contributed by atoms with Crippen LogP contribution in [0.4, 0.5) is 0 Å². The minimum atomic E-state index is -0.353. The molecule has 104 valence electrons. The third-order valence-corrected chi connectivity index (χ3v) is 1.53. The molecule has 6 nitrogen and oxygen atoms in total. The number of halogens is 1. The van der Waals surface area contributed by atoms with Crippen molar-refractivity contribution >= 4 is 18.4 Å². The van der Waals surface area contributed by atoms with Crippen LogP contribution in [0.1, 0.15) is 6.92 Å². The Morgan fingerprint density at radius 2 is 1.53 bits per heavy atom. The Hall–Kier alpha value is -0.400. The van der Waals surface area contributed by atoms with Crippen LogP contribution in [0, 0.1) is 0 Å². The van der Waals surface area contributed by atoms with Gasteiger partial charge < -0.3 is 24.7 Å². The van der Waals surface area contributed by atoms with Gasteiger partial charge in [-0.1, -0.05) is 0 Å². The van der Waals surface area contributed by atoms with Crippen LogP contribution >= 0.6 is 12.4 Å². The summed E-state index contributed by atoms with van der Waals surface area (Å²) in [5.74, 6) is -0.353. The lowest BCUT2D eigenvalue weighted by atomic mass is 10.6. The highest BCUT2D eigenvalue weighted by molar-refractivity contribution is 5.85. The SMILES string of the molecule is CCOC(=O)COCCOCCOCCN.Cl. The van der Waals surface area contributed by atoms with Gasteiger partial charge in [0.25, 0.3) is 0 Å². The number of hydrogen-bond acceptors (Lipinski definition) is 6. The lowest BCUT2D eigenvalue weighted by molar-refractivity contribution is -0.148. The summed E-state index contributed by atoms with van der Waals surface area (Å²) in [6, 6.07) is 0. The maximum Gasteiger partial charge on any atom is 0.332 e. The molecular formula is C10H22ClNO5. The van der Waals surface area contributed by atoms with E-state index in [2.05, 4.69) is 4.74 Å². The molecule has 0 aromatic carbocycles. The van der Waals surface area contributed by atoms with Crippen molar-refractivity contribution in [3.8, 4) is 0 Å². The summed E-state index contributed by atoms with van der Waals surface area (Å²) in [7, 11) is 0. The molecule has 0 bridgehead atoms. The molecule has 0 aliphatic heterocycles. The first-order valence-corrected chi connectivity index (χ1v) is 5.40. The summed E-state index contributed by atoms with van der Waals surface area (Å²) in [6.45, 7) is 4.99. The average Bonchev–Trinajstić information content (AvgIpc) is 2.27. The zero-order valence-corrected chi connectivity index (χ0v) is 11.0. The van der Waals surface area contributed by atoms with Crippen molar-refractivity contribution in [2.75, 3.05) is 52.8 Å². The summed E-state index contributed by atoms with van der Waals surface area (Å²) >= 11 is 0. The molecule has 0 aromatic rings. The van der Waals surface area contributed by atoms with Crippen molar-refractivity contribution in [3.63, 3.8) is 0 Å². The monoisotopic (exact) mass is 271 g/mol. The molecule has 0 rings (SSSR count). The normalized spacial score (nSPS) is 9.76. The van der Waals surface area contributed by atoms with Crippen LogP contribution in [0.25, 0.3) is 0 Å². The number of carbonyl (C=O) groups excluding carboxylic acids is 1. The fourth-order valence-electron chi connectivity index (χ4n) is 0.881. The van der Waals surface area contributed by atoms with Crippen molar-refractivity contribution in [1.82, 2.24) is 0 Å². The molecular weight excluding hydrogens is 250 g/mol. The largest absolute Gasteiger partial charge is 0.464 e. The maximum absolute atomic E-state index is 10.8. The Labute approximate surface area is 108 Å². The van der Waals surface area contributed by atoms with Gasteiger partial charge in [0.2, 0.25) is 0 Å². The molecule has 0 radical (unpaired) electrons. The third-order valence-electron chi connectivity index (χ3n) is 1.53. The molecule has 7 heteroatoms. The fraction of sp³-hybridized carbons (Fsp3) is 0.900. The zero-order chi connectivity index (χ0) is 12.1. The van der Waals surface area contributed by atoms with Crippen LogP contribution < -0.4 is 5.73 Å². The smallest absolute Gasteiger partial charge is 0.332 e. The molecule has 0 heterocycles. The number of ether oxygens (including phenoxy) is 4. The van der Waals surface area contributed by atoms with E-state index in [0.717, 1.165) is 0 Å². The van der Waals surface area contributed by atoms with E-state index in [1.807, 2.05) is 0 Å². The topological polar surface area (TPSA) is 80.0 Å². The highest BCUT2D eigenvalue weighted by atomic mass is 35.5. The van der Waals surface area contributed by atoms with Crippen molar-refractivity contribution in [2.24, 2.45) is 5.73 Å². The first kappa shape index (κ1) is 19.0. The summed E-state index contributed by atoms with van der Waals surface area (Å²) in [6.07, 6.45) is 0. The van der Waals surface area contributed by atoms with Gasteiger partial charge in [-0.2, -0.15) is 0 Å². The van der Waals surface area contributed by atoms with E-state index in [1.54, 1.807) is 6.92 Å². The Morgan fingerprint density at radius 3 is 2.06 bits per heavy atom. The summed E-state index contributed by atoms with van der Waals surface area (Å²) in [5.41, 5.74) is 5.23. The van der Waals surface area contributed by atoms with Gasteiger partial charge in [0.05, 0.1) is 39.6 Å². The molecule has 17 heavy (non-hydrogen) atoms. The maximum atomic E-state index is 10.8. The number of carbonyl (C=O) groups is 1. The van der Waals surface area contributed by atoms with Crippen LogP contribution in [-0.4, -0.2) is 58.8 Å². The molecule has 0 aromatic heterocycles. The Bertz CT molecular complexity index is 171. The predicted octanol–water partition coefficient (Wildman–Crippen LogP) is -0.0202. The molecule has 0 aliphatic carbocycles. The van der Waals surface area contributed by atoms with Crippen molar-refractivity contribution in [2.45, 2.75) is 6.92 Å². The van der Waals surface area contributed by atoms with E-state index in [1.165, 1.54) is 0 Å². The third kappa shape index (κ3) is 15.6. The molecule has 0 spiro atoms. The minimum absolute atomic E-state index is 0. The zero-order valence-electron chi connectivity index (χ0n) is 10.2. The van der Waals surface area contributed by atoms with E-state index in [4.69, 9.17) is 19.9 Å². The second-order valence-corrected chi connectivity index (χ2v) is 2.87. The molecule has 2 N–H and O–H groups in total. The fourth-order valence-corrected chi connectivity index (χ4v) is 0.881. The van der Waals surface area contributed by atoms with Crippen molar-refractivity contribution in [3.05, 3.63) is 0 Å². The van der Waals surface area contributed by atoms with Gasteiger partial charge in [-0.25, -0.2) is 4.79 Å². The van der Waals surface area contributed by atoms with Crippen LogP contribution in [0.5, 0.6) is 0 Å². The van der Waals surface area contributed by atoms with Gasteiger partial charge in [-0.15, -0.1) is 12.4 Å². The molecule has 0 amide bonds. The molecule has 0 saturated heterocycles. The van der Waals surface area contributed by atoms with Crippen LogP contribution in [0.3, 0.4) is 0 Å². The number of nitrogens with two attached hydrogens (primary N) is 1. The minimum Gasteiger partial charge on any atom is -0.464 e. The lowest BCUT2D eigenvalue weighted by Crippen LogP contribution is -2.16. The second-order valence-electron chi connectivity index (χ2n) is 2.87. The van der Waals surface area contributed by atoms with Crippen molar-refractivity contribution < 1.29 is 23.7 Å². The van der Waals surface area contributed by atoms with E-state index >= 15 is 0 Å². The Balaban J connectivity index is 0. The quantitative estimate of drug-likeness (QED) is 0.420. The van der Waals surface area contributed by atoms with Crippen LogP contribution in [-0.2, 0) is 23.7 Å². The standard InChI is InChI=1S/C10H21NO5.ClH/c1-2-16-10(12)9-15-8-7-14-6-5-13-4-3-11;/h2-9,11H2,1H3;1H. The van der Waals surface area contributed by atoms with E-state index in [9.17, 15) is 4.79 Å². The number of rotatable bonds is 11. The molecule has 0 unspecified atom stereocenters. The first-order valence-electron chi connectivity index (χ1n) is 5.40. The second kappa shape index (κ2) is 15.6. The molecule has 0 fully saturated rings. The van der Waals surface area contributed by atoms with Gasteiger partial charge in [0.15, 0.2) is 0 Å². The van der Waals surface area contributed by atoms with E-state index < -0.39 is 0 Å². The van der Waals surface area contributed by atoms with Gasteiger partial charge in [0, 0.05) is 6.54 Å². The highest BCUT2D eigenvalue weighted by Gasteiger charge is 2.00. The summed E-state index contributed by atoms with van der Waals surface area (Å²) in [5, 5.41) is 0. The Kier molecular flexibility index (Phi) is 17.4. The van der Waals surface area contributed by atoms with E-state index in [-0.39, 0.29) is 25.0 Å². The van der Waals surface area contributed by atoms with Gasteiger partial charge in [-0.05, 0) is 6.92 Å². The van der Waals surface area contributed by atoms with Crippen LogP contribution in [0.2, 0.25) is 0 Å². The predicted molar refractivity (Wildman–Crippen MR) is 65.4 cm³/mol. The first-order chi connectivity index (χ1) is 7.81. The average molecular weight is 272 g/mol. The molecule has 0 atom stereocenters. The van der Waals surface area contributed by atoms with Gasteiger partial charge in [-0.3, -0.25) is 0 Å². The highest BCUT2D eigenvalue weighted by Crippen LogP contribution is 1.83. The molecule has 0 saturated carbocycles. The summed E-state index contributed by atoms with van der Waals surface area (Å²) in [4.78, 5) is 10.8. The lowest BCUT2D eigenvalue weighted by Gasteiger charge is -2.06. The van der Waals surface area contributed by atoms with Crippen molar-refractivity contribution in [1.29, 1.82) is 0 Å². The number of hydrogen-bond donors (Lipinski definition) is 1. The molecule has 0 aliphatic rings.